The first-order valence-corrected chi connectivity index (χ1v) is 17.2. The van der Waals surface area contributed by atoms with Gasteiger partial charge in [0, 0.05) is 64.8 Å². The molecule has 0 saturated heterocycles. The molecule has 0 heterocycles. The Morgan fingerprint density at radius 2 is 0.735 bits per heavy atom. The maximum Gasteiger partial charge on any atom is 0.502 e. The molecule has 0 fully saturated rings. The highest BCUT2D eigenvalue weighted by Gasteiger charge is 2.42. The van der Waals surface area contributed by atoms with Crippen molar-refractivity contribution in [2.24, 2.45) is 0 Å². The largest absolute Gasteiger partial charge is 0.502 e. The first-order valence-electron chi connectivity index (χ1n) is 13.3. The fourth-order valence-electron chi connectivity index (χ4n) is 2.95. The van der Waals surface area contributed by atoms with Crippen LogP contribution in [0.25, 0.3) is 0 Å². The van der Waals surface area contributed by atoms with Crippen LogP contribution in [0.5, 0.6) is 0 Å². The lowest BCUT2D eigenvalue weighted by Gasteiger charge is -2.30. The summed E-state index contributed by atoms with van der Waals surface area (Å²) in [6.45, 7) is 16.7. The van der Waals surface area contributed by atoms with Gasteiger partial charge in [-0.25, -0.2) is 4.79 Å². The maximum absolute atomic E-state index is 12.5. The van der Waals surface area contributed by atoms with Crippen LogP contribution in [0, 0.1) is 0 Å². The minimum Gasteiger partial charge on any atom is -0.373 e. The molecule has 2 amide bonds. The van der Waals surface area contributed by atoms with Gasteiger partial charge in [0.05, 0.1) is 0 Å². The summed E-state index contributed by atoms with van der Waals surface area (Å²) in [5, 5.41) is 5.84. The van der Waals surface area contributed by atoms with Gasteiger partial charge in [0.25, 0.3) is 0 Å². The molecule has 2 N–H and O–H groups in total. The van der Waals surface area contributed by atoms with Crippen LogP contribution in [-0.2, 0) is 26.6 Å². The molecule has 0 aromatic carbocycles. The predicted molar refractivity (Wildman–Crippen MR) is 140 cm³/mol. The van der Waals surface area contributed by atoms with Crippen molar-refractivity contribution < 1.29 is 31.4 Å². The molecular weight excluding hydrogens is 472 g/mol. The zero-order chi connectivity index (χ0) is 25.5. The van der Waals surface area contributed by atoms with Gasteiger partial charge in [0.1, 0.15) is 0 Å². The number of carbonyl (C=O) groups excluding carboxylic acids is 1. The van der Waals surface area contributed by atoms with Gasteiger partial charge in [-0.05, 0) is 38.5 Å². The molecule has 0 aromatic heterocycles. The highest BCUT2D eigenvalue weighted by atomic mass is 28.4. The van der Waals surface area contributed by atoms with Gasteiger partial charge in [-0.1, -0.05) is 41.5 Å². The molecule has 0 radical (unpaired) electrons. The molecule has 11 heteroatoms. The molecular formula is C23H52N2O7Si2. The molecule has 0 aliphatic heterocycles. The molecule has 0 bridgehead atoms. The van der Waals surface area contributed by atoms with E-state index < -0.39 is 17.6 Å². The number of hydrogen-bond acceptors (Lipinski definition) is 7. The van der Waals surface area contributed by atoms with E-state index in [4.69, 9.17) is 26.6 Å². The van der Waals surface area contributed by atoms with E-state index in [1.165, 1.54) is 0 Å². The summed E-state index contributed by atoms with van der Waals surface area (Å²) in [4.78, 5) is 12.5. The first-order chi connectivity index (χ1) is 16.5. The highest BCUT2D eigenvalue weighted by molar-refractivity contribution is 6.61. The van der Waals surface area contributed by atoms with Gasteiger partial charge in [-0.15, -0.1) is 0 Å². The normalized spacial score (nSPS) is 12.2. The number of amides is 2. The summed E-state index contributed by atoms with van der Waals surface area (Å²) in [6.07, 6.45) is 5.33. The SMILES string of the molecule is CCCO[Si](CCNC(=O)NCC[Si](OCCC)(OCCC)OCCC)(OCCC)OCCC. The van der Waals surface area contributed by atoms with Gasteiger partial charge in [-0.3, -0.25) is 0 Å². The summed E-state index contributed by atoms with van der Waals surface area (Å²) >= 11 is 0. The van der Waals surface area contributed by atoms with Crippen molar-refractivity contribution in [3.05, 3.63) is 0 Å². The maximum atomic E-state index is 12.5. The second-order valence-electron chi connectivity index (χ2n) is 8.14. The van der Waals surface area contributed by atoms with Crippen LogP contribution in [0.2, 0.25) is 12.1 Å². The highest BCUT2D eigenvalue weighted by Crippen LogP contribution is 2.18. The zero-order valence-electron chi connectivity index (χ0n) is 22.7. The van der Waals surface area contributed by atoms with E-state index in [0.29, 0.717) is 64.8 Å². The lowest BCUT2D eigenvalue weighted by Crippen LogP contribution is -2.51. The number of rotatable bonds is 24. The third kappa shape index (κ3) is 15.5. The van der Waals surface area contributed by atoms with Crippen LogP contribution < -0.4 is 10.6 Å². The van der Waals surface area contributed by atoms with E-state index in [1.807, 2.05) is 0 Å². The van der Waals surface area contributed by atoms with Crippen LogP contribution in [-0.4, -0.2) is 76.4 Å². The van der Waals surface area contributed by atoms with E-state index in [0.717, 1.165) is 38.5 Å². The molecule has 0 aliphatic rings. The zero-order valence-corrected chi connectivity index (χ0v) is 24.7. The number of hydrogen-bond donors (Lipinski definition) is 2. The Balaban J connectivity index is 4.82. The van der Waals surface area contributed by atoms with Gasteiger partial charge in [0.15, 0.2) is 0 Å². The molecule has 204 valence electrons. The second kappa shape index (κ2) is 21.7. The van der Waals surface area contributed by atoms with Crippen molar-refractivity contribution in [1.82, 2.24) is 10.6 Å². The monoisotopic (exact) mass is 524 g/mol. The molecule has 0 rings (SSSR count). The summed E-state index contributed by atoms with van der Waals surface area (Å²) in [5.74, 6) is 0. The van der Waals surface area contributed by atoms with Crippen LogP contribution >= 0.6 is 0 Å². The van der Waals surface area contributed by atoms with Gasteiger partial charge in [0.2, 0.25) is 0 Å². The molecule has 0 spiro atoms. The average molecular weight is 525 g/mol. The predicted octanol–water partition coefficient (Wildman–Crippen LogP) is 4.72. The van der Waals surface area contributed by atoms with Crippen molar-refractivity contribution in [3.8, 4) is 0 Å². The van der Waals surface area contributed by atoms with E-state index in [1.54, 1.807) is 0 Å². The number of nitrogens with one attached hydrogen (secondary N) is 2. The van der Waals surface area contributed by atoms with Crippen molar-refractivity contribution in [2.75, 3.05) is 52.7 Å². The second-order valence-corrected chi connectivity index (χ2v) is 13.6. The van der Waals surface area contributed by atoms with Crippen molar-refractivity contribution in [1.29, 1.82) is 0 Å². The molecule has 0 aromatic rings. The number of carbonyl (C=O) groups is 1. The molecule has 0 aliphatic carbocycles. The van der Waals surface area contributed by atoms with Gasteiger partial charge in [-0.2, -0.15) is 0 Å². The third-order valence-electron chi connectivity index (χ3n) is 4.59. The van der Waals surface area contributed by atoms with E-state index >= 15 is 0 Å². The summed E-state index contributed by atoms with van der Waals surface area (Å²) in [6, 6.07) is 0.837. The minimum atomic E-state index is -2.83. The molecule has 0 atom stereocenters. The van der Waals surface area contributed by atoms with Crippen LogP contribution in [0.15, 0.2) is 0 Å². The Kier molecular flexibility index (Phi) is 21.4. The Labute approximate surface area is 210 Å². The fraction of sp³-hybridized carbons (Fsp3) is 0.957. The third-order valence-corrected chi connectivity index (χ3v) is 10.2. The summed E-state index contributed by atoms with van der Waals surface area (Å²) in [7, 11) is -5.65. The van der Waals surface area contributed by atoms with Gasteiger partial charge >= 0.3 is 23.6 Å². The van der Waals surface area contributed by atoms with Crippen LogP contribution in [0.1, 0.15) is 80.1 Å². The van der Waals surface area contributed by atoms with Gasteiger partial charge < -0.3 is 37.2 Å². The topological polar surface area (TPSA) is 96.5 Å². The Morgan fingerprint density at radius 3 is 0.941 bits per heavy atom. The minimum absolute atomic E-state index is 0.242. The Bertz CT molecular complexity index is 407. The fourth-order valence-corrected chi connectivity index (χ4v) is 8.27. The average Bonchev–Trinajstić information content (AvgIpc) is 2.85. The smallest absolute Gasteiger partial charge is 0.373 e. The molecule has 34 heavy (non-hydrogen) atoms. The standard InChI is InChI=1S/C23H52N2O7Si2/c1-7-15-27-33(28-16-8-2,29-17-9-3)21-13-24-23(26)25-14-22-34(30-18-10-4,31-19-11-5)32-20-12-6/h7-22H2,1-6H3,(H2,24,25,26). The van der Waals surface area contributed by atoms with Crippen LogP contribution in [0.4, 0.5) is 4.79 Å². The van der Waals surface area contributed by atoms with Crippen molar-refractivity contribution >= 4 is 23.6 Å². The molecule has 9 nitrogen and oxygen atoms in total. The van der Waals surface area contributed by atoms with E-state index in [2.05, 4.69) is 52.2 Å². The lowest BCUT2D eigenvalue weighted by molar-refractivity contribution is 0.0591. The van der Waals surface area contributed by atoms with Crippen molar-refractivity contribution in [3.63, 3.8) is 0 Å². The quantitative estimate of drug-likeness (QED) is 0.176. The van der Waals surface area contributed by atoms with E-state index in [9.17, 15) is 4.79 Å². The summed E-state index contributed by atoms with van der Waals surface area (Å²) in [5.41, 5.74) is 0. The lowest BCUT2D eigenvalue weighted by atomic mass is 10.5. The summed E-state index contributed by atoms with van der Waals surface area (Å²) < 4.78 is 36.5. The Morgan fingerprint density at radius 1 is 0.500 bits per heavy atom. The first kappa shape index (κ1) is 33.5. The molecule has 0 unspecified atom stereocenters. The van der Waals surface area contributed by atoms with Crippen LogP contribution in [0.3, 0.4) is 0 Å². The van der Waals surface area contributed by atoms with E-state index in [-0.39, 0.29) is 6.03 Å². The molecule has 0 saturated carbocycles. The Hall–Kier alpha value is -0.536. The number of urea groups is 1. The van der Waals surface area contributed by atoms with Crippen molar-refractivity contribution in [2.45, 2.75) is 92.2 Å².